The average Bonchev–Trinajstić information content (AvgIpc) is 2.38. The fraction of sp³-hybridized carbons (Fsp3) is 0.462. The maximum Gasteiger partial charge on any atom is 0.315 e. The van der Waals surface area contributed by atoms with E-state index in [1.165, 1.54) is 0 Å². The van der Waals surface area contributed by atoms with Crippen LogP contribution in [-0.4, -0.2) is 35.8 Å². The Bertz CT molecular complexity index is 398. The van der Waals surface area contributed by atoms with Crippen molar-refractivity contribution in [2.24, 2.45) is 0 Å². The fourth-order valence-electron chi connectivity index (χ4n) is 1.61. The first-order valence-electron chi connectivity index (χ1n) is 6.05. The van der Waals surface area contributed by atoms with E-state index in [0.29, 0.717) is 18.0 Å². The zero-order chi connectivity index (χ0) is 14.1. The van der Waals surface area contributed by atoms with E-state index < -0.39 is 0 Å². The Morgan fingerprint density at radius 1 is 1.47 bits per heavy atom. The van der Waals surface area contributed by atoms with Gasteiger partial charge in [0.1, 0.15) is 0 Å². The van der Waals surface area contributed by atoms with Crippen molar-refractivity contribution in [1.82, 2.24) is 10.6 Å². The second kappa shape index (κ2) is 9.07. The topological polar surface area (TPSA) is 61.4 Å². The van der Waals surface area contributed by atoms with E-state index in [1.807, 2.05) is 24.5 Å². The van der Waals surface area contributed by atoms with E-state index in [4.69, 9.17) is 16.7 Å². The predicted molar refractivity (Wildman–Crippen MR) is 80.7 cm³/mol. The van der Waals surface area contributed by atoms with Gasteiger partial charge in [0.15, 0.2) is 0 Å². The molecule has 0 radical (unpaired) electrons. The van der Waals surface area contributed by atoms with Crippen LogP contribution in [0.5, 0.6) is 0 Å². The van der Waals surface area contributed by atoms with Crippen LogP contribution in [0.1, 0.15) is 12.0 Å². The second-order valence-electron chi connectivity index (χ2n) is 4.08. The van der Waals surface area contributed by atoms with Gasteiger partial charge in [-0.1, -0.05) is 29.8 Å². The van der Waals surface area contributed by atoms with E-state index in [-0.39, 0.29) is 18.7 Å². The highest BCUT2D eigenvalue weighted by Crippen LogP contribution is 2.14. The number of thioether (sulfide) groups is 1. The monoisotopic (exact) mass is 302 g/mol. The SMILES string of the molecule is CSC[C@@H](CCO)NC(=O)NCc1ccccc1Cl. The Kier molecular flexibility index (Phi) is 7.70. The van der Waals surface area contributed by atoms with Gasteiger partial charge < -0.3 is 15.7 Å². The zero-order valence-corrected chi connectivity index (χ0v) is 12.4. The number of halogens is 1. The maximum atomic E-state index is 11.7. The summed E-state index contributed by atoms with van der Waals surface area (Å²) in [6, 6.07) is 7.12. The van der Waals surface area contributed by atoms with E-state index in [9.17, 15) is 4.79 Å². The summed E-state index contributed by atoms with van der Waals surface area (Å²) in [7, 11) is 0. The maximum absolute atomic E-state index is 11.7. The molecule has 4 nitrogen and oxygen atoms in total. The number of amides is 2. The summed E-state index contributed by atoms with van der Waals surface area (Å²) in [5.41, 5.74) is 0.878. The molecule has 0 unspecified atom stereocenters. The number of carbonyl (C=O) groups excluding carboxylic acids is 1. The van der Waals surface area contributed by atoms with Crippen molar-refractivity contribution in [3.8, 4) is 0 Å². The van der Waals surface area contributed by atoms with Crippen LogP contribution >= 0.6 is 23.4 Å². The lowest BCUT2D eigenvalue weighted by Gasteiger charge is -2.17. The standard InChI is InChI=1S/C13H19ClN2O2S/c1-19-9-11(6-7-17)16-13(18)15-8-10-4-2-3-5-12(10)14/h2-5,11,17H,6-9H2,1H3,(H2,15,16,18)/t11-/m1/s1. The summed E-state index contributed by atoms with van der Waals surface area (Å²) in [4.78, 5) is 11.7. The first-order valence-corrected chi connectivity index (χ1v) is 7.82. The molecule has 0 heterocycles. The molecule has 0 saturated carbocycles. The molecular weight excluding hydrogens is 284 g/mol. The van der Waals surface area contributed by atoms with Crippen molar-refractivity contribution >= 4 is 29.4 Å². The first kappa shape index (κ1) is 16.1. The number of hydrogen-bond acceptors (Lipinski definition) is 3. The van der Waals surface area contributed by atoms with Gasteiger partial charge >= 0.3 is 6.03 Å². The molecule has 0 aliphatic heterocycles. The summed E-state index contributed by atoms with van der Waals surface area (Å²) >= 11 is 7.64. The number of nitrogens with one attached hydrogen (secondary N) is 2. The molecule has 19 heavy (non-hydrogen) atoms. The molecule has 1 aromatic rings. The normalized spacial score (nSPS) is 11.9. The highest BCUT2D eigenvalue weighted by atomic mass is 35.5. The number of urea groups is 1. The summed E-state index contributed by atoms with van der Waals surface area (Å²) < 4.78 is 0. The van der Waals surface area contributed by atoms with Gasteiger partial charge in [-0.3, -0.25) is 0 Å². The minimum atomic E-state index is -0.243. The molecule has 0 aromatic heterocycles. The van der Waals surface area contributed by atoms with Crippen molar-refractivity contribution in [3.63, 3.8) is 0 Å². The van der Waals surface area contributed by atoms with Gasteiger partial charge in [0.2, 0.25) is 0 Å². The van der Waals surface area contributed by atoms with Crippen LogP contribution in [-0.2, 0) is 6.54 Å². The van der Waals surface area contributed by atoms with Crippen LogP contribution in [0.25, 0.3) is 0 Å². The molecule has 0 fully saturated rings. The Morgan fingerprint density at radius 3 is 2.84 bits per heavy atom. The minimum Gasteiger partial charge on any atom is -0.396 e. The van der Waals surface area contributed by atoms with Gasteiger partial charge in [-0.15, -0.1) is 0 Å². The summed E-state index contributed by atoms with van der Waals surface area (Å²) in [5, 5.41) is 15.2. The molecule has 1 atom stereocenters. The van der Waals surface area contributed by atoms with Crippen LogP contribution in [0, 0.1) is 0 Å². The molecule has 0 saturated heterocycles. The number of aliphatic hydroxyl groups is 1. The quantitative estimate of drug-likeness (QED) is 0.724. The fourth-order valence-corrected chi connectivity index (χ4v) is 2.46. The third-order valence-electron chi connectivity index (χ3n) is 2.58. The van der Waals surface area contributed by atoms with Crippen molar-refractivity contribution in [2.45, 2.75) is 19.0 Å². The highest BCUT2D eigenvalue weighted by Gasteiger charge is 2.11. The molecule has 0 spiro atoms. The molecule has 1 rings (SSSR count). The summed E-state index contributed by atoms with van der Waals surface area (Å²) in [5.74, 6) is 0.778. The third kappa shape index (κ3) is 6.18. The van der Waals surface area contributed by atoms with Gasteiger partial charge in [0.05, 0.1) is 0 Å². The molecule has 0 aliphatic rings. The summed E-state index contributed by atoms with van der Waals surface area (Å²) in [6.45, 7) is 0.451. The van der Waals surface area contributed by atoms with Crippen molar-refractivity contribution in [2.75, 3.05) is 18.6 Å². The molecule has 0 aliphatic carbocycles. The van der Waals surface area contributed by atoms with Gasteiger partial charge in [-0.2, -0.15) is 11.8 Å². The van der Waals surface area contributed by atoms with E-state index in [0.717, 1.165) is 11.3 Å². The molecule has 1 aromatic carbocycles. The molecule has 3 N–H and O–H groups in total. The van der Waals surface area contributed by atoms with Gasteiger partial charge in [-0.05, 0) is 24.3 Å². The van der Waals surface area contributed by atoms with E-state index in [2.05, 4.69) is 10.6 Å². The lowest BCUT2D eigenvalue weighted by molar-refractivity contribution is 0.231. The molecule has 106 valence electrons. The van der Waals surface area contributed by atoms with Crippen molar-refractivity contribution in [1.29, 1.82) is 0 Å². The van der Waals surface area contributed by atoms with Crippen LogP contribution < -0.4 is 10.6 Å². The number of benzene rings is 1. The molecule has 2 amide bonds. The molecular formula is C13H19ClN2O2S. The van der Waals surface area contributed by atoms with Crippen LogP contribution in [0.4, 0.5) is 4.79 Å². The highest BCUT2D eigenvalue weighted by molar-refractivity contribution is 7.98. The predicted octanol–water partition coefficient (Wildman–Crippen LogP) is 2.25. The van der Waals surface area contributed by atoms with Gasteiger partial charge in [-0.25, -0.2) is 4.79 Å². The lowest BCUT2D eigenvalue weighted by atomic mass is 10.2. The van der Waals surface area contributed by atoms with Gasteiger partial charge in [0, 0.05) is 30.0 Å². The van der Waals surface area contributed by atoms with Crippen LogP contribution in [0.3, 0.4) is 0 Å². The van der Waals surface area contributed by atoms with Crippen molar-refractivity contribution < 1.29 is 9.90 Å². The molecule has 0 bridgehead atoms. The smallest absolute Gasteiger partial charge is 0.315 e. The Balaban J connectivity index is 2.40. The minimum absolute atomic E-state index is 0.0220. The van der Waals surface area contributed by atoms with Crippen LogP contribution in [0.2, 0.25) is 5.02 Å². The third-order valence-corrected chi connectivity index (χ3v) is 3.68. The first-order chi connectivity index (χ1) is 9.17. The number of carbonyl (C=O) groups is 1. The number of hydrogen-bond donors (Lipinski definition) is 3. The van der Waals surface area contributed by atoms with Crippen molar-refractivity contribution in [3.05, 3.63) is 34.9 Å². The zero-order valence-electron chi connectivity index (χ0n) is 10.9. The average molecular weight is 303 g/mol. The van der Waals surface area contributed by atoms with Gasteiger partial charge in [0.25, 0.3) is 0 Å². The lowest BCUT2D eigenvalue weighted by Crippen LogP contribution is -2.43. The van der Waals surface area contributed by atoms with Crippen LogP contribution in [0.15, 0.2) is 24.3 Å². The molecule has 6 heteroatoms. The Labute approximate surface area is 122 Å². The Hall–Kier alpha value is -0.910. The largest absolute Gasteiger partial charge is 0.396 e. The number of aliphatic hydroxyl groups excluding tert-OH is 1. The van der Waals surface area contributed by atoms with E-state index >= 15 is 0 Å². The number of rotatable bonds is 7. The summed E-state index contributed by atoms with van der Waals surface area (Å²) in [6.07, 6.45) is 2.52. The van der Waals surface area contributed by atoms with E-state index in [1.54, 1.807) is 17.8 Å². The Morgan fingerprint density at radius 2 is 2.21 bits per heavy atom. The second-order valence-corrected chi connectivity index (χ2v) is 5.40.